The number of hydrogen-bond acceptors (Lipinski definition) is 6. The van der Waals surface area contributed by atoms with Crippen molar-refractivity contribution in [1.29, 1.82) is 0 Å². The minimum atomic E-state index is 0.0435. The zero-order valence-electron chi connectivity index (χ0n) is 14.8. The van der Waals surface area contributed by atoms with Crippen molar-refractivity contribution in [2.24, 2.45) is 11.8 Å². The molecule has 2 aliphatic rings. The molecule has 6 nitrogen and oxygen atoms in total. The lowest BCUT2D eigenvalue weighted by atomic mass is 9.95. The molecule has 2 aromatic rings. The molecule has 4 rings (SSSR count). The van der Waals surface area contributed by atoms with Crippen LogP contribution in [0.15, 0.2) is 33.9 Å². The van der Waals surface area contributed by atoms with E-state index in [1.54, 1.807) is 0 Å². The van der Waals surface area contributed by atoms with Crippen LogP contribution >= 0.6 is 11.8 Å². The number of nitrogens with one attached hydrogen (secondary N) is 1. The summed E-state index contributed by atoms with van der Waals surface area (Å²) in [6.07, 6.45) is 5.01. The van der Waals surface area contributed by atoms with E-state index in [0.717, 1.165) is 17.9 Å². The minimum Gasteiger partial charge on any atom is -0.493 e. The predicted molar refractivity (Wildman–Crippen MR) is 99.0 cm³/mol. The van der Waals surface area contributed by atoms with Crippen LogP contribution in [0.5, 0.6) is 5.75 Å². The lowest BCUT2D eigenvalue weighted by Gasteiger charge is -2.22. The van der Waals surface area contributed by atoms with Gasteiger partial charge >= 0.3 is 0 Å². The highest BCUT2D eigenvalue weighted by Gasteiger charge is 2.40. The molecule has 1 N–H and O–H groups in total. The smallest absolute Gasteiger partial charge is 0.277 e. The van der Waals surface area contributed by atoms with Crippen LogP contribution in [0.3, 0.4) is 0 Å². The molecule has 2 aliphatic carbocycles. The zero-order valence-corrected chi connectivity index (χ0v) is 15.6. The maximum Gasteiger partial charge on any atom is 0.277 e. The second-order valence-corrected chi connectivity index (χ2v) is 7.87. The normalized spacial score (nSPS) is 24.0. The number of carbonyl (C=O) groups is 1. The van der Waals surface area contributed by atoms with Crippen molar-refractivity contribution in [2.45, 2.75) is 43.9 Å². The summed E-state index contributed by atoms with van der Waals surface area (Å²) in [6, 6.07) is 7.92. The third kappa shape index (κ3) is 3.72. The second kappa shape index (κ2) is 7.70. The number of aromatic nitrogens is 2. The average Bonchev–Trinajstić information content (AvgIpc) is 3.38. The van der Waals surface area contributed by atoms with Crippen molar-refractivity contribution < 1.29 is 13.9 Å². The van der Waals surface area contributed by atoms with Crippen molar-refractivity contribution in [3.8, 4) is 17.2 Å². The summed E-state index contributed by atoms with van der Waals surface area (Å²) in [4.78, 5) is 12.2. The Morgan fingerprint density at radius 1 is 1.31 bits per heavy atom. The molecule has 0 aliphatic heterocycles. The largest absolute Gasteiger partial charge is 0.493 e. The fraction of sp³-hybridized carbons (Fsp3) is 0.526. The van der Waals surface area contributed by atoms with Crippen LogP contribution in [0.1, 0.15) is 32.6 Å². The minimum absolute atomic E-state index is 0.0435. The van der Waals surface area contributed by atoms with Gasteiger partial charge in [-0.05, 0) is 50.2 Å². The van der Waals surface area contributed by atoms with Crippen LogP contribution in [0.4, 0.5) is 0 Å². The summed E-state index contributed by atoms with van der Waals surface area (Å²) < 4.78 is 11.3. The Bertz CT molecular complexity index is 779. The zero-order chi connectivity index (χ0) is 17.9. The Kier molecular flexibility index (Phi) is 5.15. The van der Waals surface area contributed by atoms with Gasteiger partial charge in [-0.2, -0.15) is 0 Å². The van der Waals surface area contributed by atoms with E-state index < -0.39 is 0 Å². The van der Waals surface area contributed by atoms with Crippen molar-refractivity contribution in [2.75, 3.05) is 12.4 Å². The maximum atomic E-state index is 12.2. The molecule has 2 saturated carbocycles. The van der Waals surface area contributed by atoms with Crippen molar-refractivity contribution in [3.05, 3.63) is 24.3 Å². The first-order valence-corrected chi connectivity index (χ1v) is 10.2. The first kappa shape index (κ1) is 17.4. The third-order valence-corrected chi connectivity index (χ3v) is 6.05. The lowest BCUT2D eigenvalue weighted by Crippen LogP contribution is -2.39. The van der Waals surface area contributed by atoms with E-state index in [1.165, 1.54) is 31.0 Å². The molecule has 0 radical (unpaired) electrons. The number of carbonyl (C=O) groups excluding carboxylic acids is 1. The van der Waals surface area contributed by atoms with Crippen LogP contribution in [0, 0.1) is 11.8 Å². The summed E-state index contributed by atoms with van der Waals surface area (Å²) in [7, 11) is 0. The number of fused-ring (bicyclic) bond motifs is 2. The standard InChI is InChI=1S/C19H23N3O3S/c1-2-24-16-6-4-3-5-14(16)18-21-22-19(25-18)26-11-17(23)20-15-10-12-7-8-13(15)9-12/h3-6,12-13,15H,2,7-11H2,1H3,(H,20,23)/t12-,13+,15+/m0/s1. The molecule has 26 heavy (non-hydrogen) atoms. The molecule has 1 aromatic carbocycles. The van der Waals surface area contributed by atoms with Crippen LogP contribution in [-0.2, 0) is 4.79 Å². The molecular weight excluding hydrogens is 350 g/mol. The van der Waals surface area contributed by atoms with E-state index in [9.17, 15) is 4.79 Å². The fourth-order valence-electron chi connectivity index (χ4n) is 4.10. The molecule has 1 aromatic heterocycles. The van der Waals surface area contributed by atoms with Crippen LogP contribution in [0.2, 0.25) is 0 Å². The number of benzene rings is 1. The molecule has 2 bridgehead atoms. The van der Waals surface area contributed by atoms with Gasteiger partial charge in [0.25, 0.3) is 11.1 Å². The Hall–Kier alpha value is -2.02. The van der Waals surface area contributed by atoms with E-state index >= 15 is 0 Å². The quantitative estimate of drug-likeness (QED) is 0.748. The average molecular weight is 373 g/mol. The van der Waals surface area contributed by atoms with E-state index in [4.69, 9.17) is 9.15 Å². The number of hydrogen-bond donors (Lipinski definition) is 1. The third-order valence-electron chi connectivity index (χ3n) is 5.23. The van der Waals surface area contributed by atoms with E-state index in [1.807, 2.05) is 31.2 Å². The maximum absolute atomic E-state index is 12.2. The second-order valence-electron chi connectivity index (χ2n) is 6.94. The molecule has 1 amide bonds. The lowest BCUT2D eigenvalue weighted by molar-refractivity contribution is -0.119. The van der Waals surface area contributed by atoms with E-state index in [2.05, 4.69) is 15.5 Å². The molecule has 1 heterocycles. The first-order chi connectivity index (χ1) is 12.7. The first-order valence-electron chi connectivity index (χ1n) is 9.20. The van der Waals surface area contributed by atoms with Gasteiger partial charge in [-0.25, -0.2) is 0 Å². The Morgan fingerprint density at radius 2 is 2.19 bits per heavy atom. The number of nitrogens with zero attached hydrogens (tertiary/aromatic N) is 2. The highest BCUT2D eigenvalue weighted by molar-refractivity contribution is 7.99. The van der Waals surface area contributed by atoms with Gasteiger partial charge in [0, 0.05) is 6.04 Å². The molecule has 3 atom stereocenters. The van der Waals surface area contributed by atoms with Gasteiger partial charge in [-0.3, -0.25) is 4.79 Å². The molecule has 0 saturated heterocycles. The van der Waals surface area contributed by atoms with E-state index in [0.29, 0.717) is 41.2 Å². The Labute approximate surface area is 157 Å². The highest BCUT2D eigenvalue weighted by Crippen LogP contribution is 2.44. The van der Waals surface area contributed by atoms with Gasteiger partial charge in [0.1, 0.15) is 5.75 Å². The van der Waals surface area contributed by atoms with Gasteiger partial charge in [0.05, 0.1) is 17.9 Å². The number of rotatable bonds is 7. The number of thioether (sulfide) groups is 1. The molecule has 138 valence electrons. The van der Waals surface area contributed by atoms with Crippen molar-refractivity contribution in [1.82, 2.24) is 15.5 Å². The van der Waals surface area contributed by atoms with Gasteiger partial charge in [0.2, 0.25) is 5.91 Å². The Morgan fingerprint density at radius 3 is 2.96 bits per heavy atom. The summed E-state index contributed by atoms with van der Waals surface area (Å²) in [6.45, 7) is 2.50. The van der Waals surface area contributed by atoms with Gasteiger partial charge < -0.3 is 14.5 Å². The monoisotopic (exact) mass is 373 g/mol. The van der Waals surface area contributed by atoms with Gasteiger partial charge in [0.15, 0.2) is 0 Å². The number of para-hydroxylation sites is 1. The number of ether oxygens (including phenoxy) is 1. The topological polar surface area (TPSA) is 77.2 Å². The van der Waals surface area contributed by atoms with Gasteiger partial charge in [-0.1, -0.05) is 30.3 Å². The summed E-state index contributed by atoms with van der Waals surface area (Å²) in [5.74, 6) is 2.96. The molecule has 0 unspecified atom stereocenters. The van der Waals surface area contributed by atoms with Crippen molar-refractivity contribution in [3.63, 3.8) is 0 Å². The molecule has 2 fully saturated rings. The predicted octanol–water partition coefficient (Wildman–Crippen LogP) is 3.53. The van der Waals surface area contributed by atoms with E-state index in [-0.39, 0.29) is 5.91 Å². The highest BCUT2D eigenvalue weighted by atomic mass is 32.2. The fourth-order valence-corrected chi connectivity index (χ4v) is 4.67. The summed E-state index contributed by atoms with van der Waals surface area (Å²) >= 11 is 1.27. The molecule has 0 spiro atoms. The summed E-state index contributed by atoms with van der Waals surface area (Å²) in [5.41, 5.74) is 0.764. The Balaban J connectivity index is 1.33. The SMILES string of the molecule is CCOc1ccccc1-c1nnc(SCC(=O)N[C@@H]2C[C@H]3CC[C@@H]2C3)o1. The van der Waals surface area contributed by atoms with Gasteiger partial charge in [-0.15, -0.1) is 10.2 Å². The van der Waals surface area contributed by atoms with Crippen LogP contribution < -0.4 is 10.1 Å². The molecule has 7 heteroatoms. The van der Waals surface area contributed by atoms with Crippen LogP contribution in [-0.4, -0.2) is 34.5 Å². The molecular formula is C19H23N3O3S. The van der Waals surface area contributed by atoms with Crippen molar-refractivity contribution >= 4 is 17.7 Å². The van der Waals surface area contributed by atoms with Crippen LogP contribution in [0.25, 0.3) is 11.5 Å². The summed E-state index contributed by atoms with van der Waals surface area (Å²) in [5, 5.41) is 11.7. The number of amides is 1.